The van der Waals surface area contributed by atoms with Crippen molar-refractivity contribution in [1.29, 1.82) is 0 Å². The molecule has 0 aliphatic rings. The van der Waals surface area contributed by atoms with Gasteiger partial charge in [0.2, 0.25) is 0 Å². The minimum Gasteiger partial charge on any atom is -0.456 e. The molecule has 4 aromatic heterocycles. The highest BCUT2D eigenvalue weighted by Gasteiger charge is 2.18. The van der Waals surface area contributed by atoms with E-state index in [9.17, 15) is 0 Å². The van der Waals surface area contributed by atoms with Crippen LogP contribution < -0.4 is 0 Å². The molecule has 6 heteroatoms. The molecule has 4 heterocycles. The Hall–Kier alpha value is -7.67. The third-order valence-electron chi connectivity index (χ3n) is 11.8. The zero-order chi connectivity index (χ0) is 38.6. The summed E-state index contributed by atoms with van der Waals surface area (Å²) in [5.74, 6) is 1.86. The van der Waals surface area contributed by atoms with Crippen molar-refractivity contribution in [1.82, 2.24) is 19.5 Å². The van der Waals surface area contributed by atoms with Crippen molar-refractivity contribution in [3.8, 4) is 39.9 Å². The number of aromatic nitrogens is 4. The maximum absolute atomic E-state index is 6.62. The largest absolute Gasteiger partial charge is 0.456 e. The Labute approximate surface area is 341 Å². The zero-order valence-electron chi connectivity index (χ0n) is 31.4. The number of hydrogen-bond acceptors (Lipinski definition) is 5. The number of rotatable bonds is 4. The molecule has 0 radical (unpaired) electrons. The van der Waals surface area contributed by atoms with Crippen LogP contribution in [-0.2, 0) is 0 Å². The van der Waals surface area contributed by atoms with Gasteiger partial charge < -0.3 is 8.98 Å². The van der Waals surface area contributed by atoms with Crippen LogP contribution in [0.25, 0.3) is 125 Å². The van der Waals surface area contributed by atoms with Crippen LogP contribution in [0.5, 0.6) is 0 Å². The summed E-state index contributed by atoms with van der Waals surface area (Å²) >= 11 is 1.80. The van der Waals surface area contributed by atoms with Crippen LogP contribution in [0.15, 0.2) is 186 Å². The normalized spacial score (nSPS) is 12.1. The summed E-state index contributed by atoms with van der Waals surface area (Å²) in [5, 5.41) is 11.9. The molecule has 5 nitrogen and oxygen atoms in total. The minimum atomic E-state index is 0.597. The SMILES string of the molecule is c1ccc(-c2nc(-c3ccc4c(c3)oc3ccc5cc(-n6c7ccccc7c7cc8ccccc8cc76)ccc5c34)nc(-c3ccc4sc5ccccc5c4c3)n2)cc1. The first-order chi connectivity index (χ1) is 29.2. The van der Waals surface area contributed by atoms with Crippen LogP contribution in [0, 0.1) is 0 Å². The summed E-state index contributed by atoms with van der Waals surface area (Å²) < 4.78 is 11.5. The van der Waals surface area contributed by atoms with E-state index in [2.05, 4.69) is 156 Å². The van der Waals surface area contributed by atoms with Crippen molar-refractivity contribution < 1.29 is 4.42 Å². The minimum absolute atomic E-state index is 0.597. The Bertz CT molecular complexity index is 3860. The Morgan fingerprint density at radius 3 is 1.92 bits per heavy atom. The molecule has 0 aliphatic heterocycles. The first-order valence-electron chi connectivity index (χ1n) is 19.8. The first-order valence-corrected chi connectivity index (χ1v) is 20.6. The molecule has 59 heavy (non-hydrogen) atoms. The van der Waals surface area contributed by atoms with Crippen molar-refractivity contribution in [2.75, 3.05) is 0 Å². The Balaban J connectivity index is 0.950. The molecule has 0 saturated heterocycles. The van der Waals surface area contributed by atoms with Crippen molar-refractivity contribution in [3.63, 3.8) is 0 Å². The molecule has 0 fully saturated rings. The Kier molecular flexibility index (Phi) is 6.82. The molecular formula is C53H30N4OS. The van der Waals surface area contributed by atoms with Gasteiger partial charge >= 0.3 is 0 Å². The number of benzene rings is 9. The molecule has 0 bridgehead atoms. The molecule has 13 rings (SSSR count). The van der Waals surface area contributed by atoms with Gasteiger partial charge in [0.25, 0.3) is 0 Å². The van der Waals surface area contributed by atoms with Crippen LogP contribution >= 0.6 is 11.3 Å². The van der Waals surface area contributed by atoms with E-state index in [4.69, 9.17) is 19.4 Å². The van der Waals surface area contributed by atoms with Gasteiger partial charge in [0, 0.05) is 64.1 Å². The summed E-state index contributed by atoms with van der Waals surface area (Å²) in [6, 6.07) is 64.5. The fourth-order valence-corrected chi connectivity index (χ4v) is 10.1. The number of para-hydroxylation sites is 1. The fraction of sp³-hybridized carbons (Fsp3) is 0. The van der Waals surface area contributed by atoms with E-state index in [1.54, 1.807) is 11.3 Å². The average molecular weight is 771 g/mol. The predicted molar refractivity (Wildman–Crippen MR) is 246 cm³/mol. The van der Waals surface area contributed by atoms with Gasteiger partial charge in [-0.2, -0.15) is 0 Å². The zero-order valence-corrected chi connectivity index (χ0v) is 32.2. The quantitative estimate of drug-likeness (QED) is 0.179. The molecule has 0 aliphatic carbocycles. The summed E-state index contributed by atoms with van der Waals surface area (Å²) in [5.41, 5.74) is 7.90. The molecule has 0 unspecified atom stereocenters. The summed E-state index contributed by atoms with van der Waals surface area (Å²) in [6.45, 7) is 0. The van der Waals surface area contributed by atoms with Crippen LogP contribution in [0.3, 0.4) is 0 Å². The fourth-order valence-electron chi connectivity index (χ4n) is 9.02. The van der Waals surface area contributed by atoms with E-state index < -0.39 is 0 Å². The van der Waals surface area contributed by atoms with Crippen molar-refractivity contribution in [3.05, 3.63) is 182 Å². The second-order valence-corrected chi connectivity index (χ2v) is 16.3. The van der Waals surface area contributed by atoms with Gasteiger partial charge in [-0.1, -0.05) is 109 Å². The molecular weight excluding hydrogens is 741 g/mol. The molecule has 0 amide bonds. The molecule has 13 aromatic rings. The van der Waals surface area contributed by atoms with Crippen LogP contribution in [0.2, 0.25) is 0 Å². The molecule has 0 spiro atoms. The van der Waals surface area contributed by atoms with E-state index in [0.29, 0.717) is 17.5 Å². The highest BCUT2D eigenvalue weighted by Crippen LogP contribution is 2.40. The third-order valence-corrected chi connectivity index (χ3v) is 12.9. The van der Waals surface area contributed by atoms with Crippen molar-refractivity contribution in [2.24, 2.45) is 0 Å². The summed E-state index contributed by atoms with van der Waals surface area (Å²) in [7, 11) is 0. The van der Waals surface area contributed by atoms with E-state index in [1.165, 1.54) is 52.8 Å². The monoisotopic (exact) mass is 770 g/mol. The Morgan fingerprint density at radius 1 is 0.373 bits per heavy atom. The van der Waals surface area contributed by atoms with Gasteiger partial charge in [-0.05, 0) is 94.3 Å². The predicted octanol–water partition coefficient (Wildman–Crippen LogP) is 14.5. The van der Waals surface area contributed by atoms with Gasteiger partial charge in [-0.15, -0.1) is 11.3 Å². The van der Waals surface area contributed by atoms with Gasteiger partial charge in [-0.3, -0.25) is 0 Å². The molecule has 0 saturated carbocycles. The lowest BCUT2D eigenvalue weighted by molar-refractivity contribution is 0.669. The average Bonchev–Trinajstić information content (AvgIpc) is 3.97. The van der Waals surface area contributed by atoms with Gasteiger partial charge in [0.05, 0.1) is 11.0 Å². The van der Waals surface area contributed by atoms with E-state index in [0.717, 1.165) is 55.1 Å². The van der Waals surface area contributed by atoms with Gasteiger partial charge in [0.15, 0.2) is 17.5 Å². The summed E-state index contributed by atoms with van der Waals surface area (Å²) in [6.07, 6.45) is 0. The number of nitrogens with zero attached hydrogens (tertiary/aromatic N) is 4. The van der Waals surface area contributed by atoms with Crippen molar-refractivity contribution >= 4 is 96.8 Å². The topological polar surface area (TPSA) is 56.7 Å². The van der Waals surface area contributed by atoms with E-state index >= 15 is 0 Å². The smallest absolute Gasteiger partial charge is 0.164 e. The molecule has 0 N–H and O–H groups in total. The highest BCUT2D eigenvalue weighted by molar-refractivity contribution is 7.25. The standard InChI is InChI=1S/C53H30N4OS/c1-2-10-31(11-3-1)51-54-52(35-20-25-49-43(28-35)40-15-7-9-17-48(40)59-49)56-53(55-51)36-18-22-41-47(30-36)58-46-24-19-34-26-37(21-23-38(34)50(41)46)57-44-16-8-6-14-39(44)42-27-32-12-4-5-13-33(32)29-45(42)57/h1-30H. The van der Waals surface area contributed by atoms with Crippen LogP contribution in [-0.4, -0.2) is 19.5 Å². The lowest BCUT2D eigenvalue weighted by Crippen LogP contribution is -2.00. The number of fused-ring (bicyclic) bond motifs is 12. The van der Waals surface area contributed by atoms with E-state index in [-0.39, 0.29) is 0 Å². The summed E-state index contributed by atoms with van der Waals surface area (Å²) in [4.78, 5) is 15.2. The second-order valence-electron chi connectivity index (χ2n) is 15.2. The van der Waals surface area contributed by atoms with Crippen LogP contribution in [0.4, 0.5) is 0 Å². The maximum Gasteiger partial charge on any atom is 0.164 e. The second kappa shape index (κ2) is 12.4. The molecule has 9 aromatic carbocycles. The van der Waals surface area contributed by atoms with Gasteiger partial charge in [0.1, 0.15) is 11.2 Å². The lowest BCUT2D eigenvalue weighted by Gasteiger charge is -2.10. The maximum atomic E-state index is 6.62. The molecule has 274 valence electrons. The molecule has 0 atom stereocenters. The van der Waals surface area contributed by atoms with Crippen molar-refractivity contribution in [2.45, 2.75) is 0 Å². The van der Waals surface area contributed by atoms with Gasteiger partial charge in [-0.25, -0.2) is 15.0 Å². The lowest BCUT2D eigenvalue weighted by atomic mass is 10.0. The Morgan fingerprint density at radius 2 is 1.05 bits per heavy atom. The van der Waals surface area contributed by atoms with Crippen LogP contribution in [0.1, 0.15) is 0 Å². The third kappa shape index (κ3) is 5.00. The first kappa shape index (κ1) is 32.4. The number of hydrogen-bond donors (Lipinski definition) is 0. The number of furan rings is 1. The number of thiophene rings is 1. The van der Waals surface area contributed by atoms with E-state index in [1.807, 2.05) is 30.3 Å². The highest BCUT2D eigenvalue weighted by atomic mass is 32.1.